The largest absolute Gasteiger partial charge is 0.504 e. The fraction of sp³-hybridized carbons (Fsp3) is 0.571. The molecule has 1 aromatic carbocycles. The molecule has 2 heterocycles. The fourth-order valence-corrected chi connectivity index (χ4v) is 2.94. The highest BCUT2D eigenvalue weighted by atomic mass is 16.6. The molecule has 0 saturated heterocycles. The summed E-state index contributed by atoms with van der Waals surface area (Å²) in [4.78, 5) is 4.70. The van der Waals surface area contributed by atoms with Crippen LogP contribution in [0, 0.1) is 0 Å². The molecule has 5 heteroatoms. The van der Waals surface area contributed by atoms with Crippen LogP contribution >= 0.6 is 0 Å². The Bertz CT molecular complexity index is 450. The van der Waals surface area contributed by atoms with E-state index in [1.54, 1.807) is 0 Å². The minimum atomic E-state index is 0.266. The highest BCUT2D eigenvalue weighted by Crippen LogP contribution is 2.47. The maximum atomic E-state index is 10.4. The smallest absolute Gasteiger partial charge is 0.164 e. The predicted molar refractivity (Wildman–Crippen MR) is 69.6 cm³/mol. The first-order valence-corrected chi connectivity index (χ1v) is 6.79. The van der Waals surface area contributed by atoms with Crippen LogP contribution in [-0.4, -0.2) is 24.9 Å². The van der Waals surface area contributed by atoms with Crippen LogP contribution in [0.5, 0.6) is 17.2 Å². The summed E-state index contributed by atoms with van der Waals surface area (Å²) in [5.41, 5.74) is 3.02. The first-order valence-electron chi connectivity index (χ1n) is 6.79. The quantitative estimate of drug-likeness (QED) is 0.810. The normalized spacial score (nSPS) is 17.1. The van der Waals surface area contributed by atoms with Gasteiger partial charge in [-0.25, -0.2) is 5.90 Å². The molecule has 0 aliphatic carbocycles. The second kappa shape index (κ2) is 5.27. The van der Waals surface area contributed by atoms with Gasteiger partial charge in [0.15, 0.2) is 11.5 Å². The van der Waals surface area contributed by atoms with Gasteiger partial charge in [-0.2, -0.15) is 0 Å². The zero-order valence-electron chi connectivity index (χ0n) is 10.9. The minimum Gasteiger partial charge on any atom is -0.504 e. The lowest BCUT2D eigenvalue weighted by Gasteiger charge is -2.28. The Morgan fingerprint density at radius 1 is 1.05 bits per heavy atom. The number of fused-ring (bicyclic) bond motifs is 2. The maximum Gasteiger partial charge on any atom is 0.164 e. The molecule has 0 amide bonds. The first kappa shape index (κ1) is 12.6. The van der Waals surface area contributed by atoms with Gasteiger partial charge in [-0.15, -0.1) is 0 Å². The summed E-state index contributed by atoms with van der Waals surface area (Å²) in [5, 5.41) is 10.4. The number of benzene rings is 1. The average Bonchev–Trinajstić information content (AvgIpc) is 2.47. The summed E-state index contributed by atoms with van der Waals surface area (Å²) in [6.45, 7) is 1.79. The summed E-state index contributed by atoms with van der Waals surface area (Å²) in [7, 11) is 0. The third-order valence-corrected chi connectivity index (χ3v) is 3.79. The van der Waals surface area contributed by atoms with E-state index in [4.69, 9.17) is 20.2 Å². The van der Waals surface area contributed by atoms with E-state index in [0.717, 1.165) is 48.1 Å². The Balaban J connectivity index is 2.13. The van der Waals surface area contributed by atoms with Gasteiger partial charge in [0, 0.05) is 23.1 Å². The van der Waals surface area contributed by atoms with Crippen molar-refractivity contribution < 1.29 is 19.4 Å². The van der Waals surface area contributed by atoms with E-state index in [1.165, 1.54) is 0 Å². The van der Waals surface area contributed by atoms with Crippen LogP contribution in [-0.2, 0) is 24.1 Å². The maximum absolute atomic E-state index is 10.4. The van der Waals surface area contributed by atoms with Crippen molar-refractivity contribution in [1.29, 1.82) is 0 Å². The molecule has 0 atom stereocenters. The minimum absolute atomic E-state index is 0.266. The molecule has 0 unspecified atom stereocenters. The molecule has 0 aromatic heterocycles. The number of ether oxygens (including phenoxy) is 2. The first-order chi connectivity index (χ1) is 9.33. The Morgan fingerprint density at radius 3 is 2.47 bits per heavy atom. The monoisotopic (exact) mass is 265 g/mol. The van der Waals surface area contributed by atoms with Gasteiger partial charge >= 0.3 is 0 Å². The van der Waals surface area contributed by atoms with Crippen molar-refractivity contribution >= 4 is 0 Å². The van der Waals surface area contributed by atoms with Crippen LogP contribution in [0.15, 0.2) is 0 Å². The van der Waals surface area contributed by atoms with E-state index in [1.807, 2.05) is 0 Å². The Hall–Kier alpha value is -1.46. The lowest BCUT2D eigenvalue weighted by molar-refractivity contribution is 0.139. The highest BCUT2D eigenvalue weighted by molar-refractivity contribution is 5.63. The standard InChI is InChI=1S/C14H19NO4/c15-19-8-5-10-9-3-1-7-18-14(9)12(16)11-4-2-6-17-13(10)11/h16H,1-8,15H2. The van der Waals surface area contributed by atoms with E-state index in [-0.39, 0.29) is 5.75 Å². The predicted octanol–water partition coefficient (Wildman–Crippen LogP) is 1.47. The van der Waals surface area contributed by atoms with E-state index in [9.17, 15) is 5.11 Å². The van der Waals surface area contributed by atoms with Gasteiger partial charge in [-0.1, -0.05) is 0 Å². The van der Waals surface area contributed by atoms with Gasteiger partial charge in [0.25, 0.3) is 0 Å². The molecule has 0 saturated carbocycles. The molecule has 0 bridgehead atoms. The Kier molecular flexibility index (Phi) is 3.48. The van der Waals surface area contributed by atoms with E-state index < -0.39 is 0 Å². The SMILES string of the molecule is NOCCc1c2c(c(O)c3c1OCCC3)OCCC2. The molecule has 0 radical (unpaired) electrons. The van der Waals surface area contributed by atoms with E-state index in [0.29, 0.717) is 32.0 Å². The molecule has 1 aromatic rings. The van der Waals surface area contributed by atoms with Gasteiger partial charge in [0.1, 0.15) is 5.75 Å². The summed E-state index contributed by atoms with van der Waals surface area (Å²) in [6.07, 6.45) is 4.30. The van der Waals surface area contributed by atoms with Gasteiger partial charge in [0.05, 0.1) is 19.8 Å². The molecule has 0 spiro atoms. The number of phenols is 1. The molecule has 2 aliphatic heterocycles. The van der Waals surface area contributed by atoms with Crippen molar-refractivity contribution in [2.24, 2.45) is 5.90 Å². The van der Waals surface area contributed by atoms with Crippen LogP contribution in [0.1, 0.15) is 29.5 Å². The van der Waals surface area contributed by atoms with Crippen molar-refractivity contribution in [2.75, 3.05) is 19.8 Å². The molecule has 2 aliphatic rings. The van der Waals surface area contributed by atoms with Crippen LogP contribution in [0.3, 0.4) is 0 Å². The number of rotatable bonds is 3. The molecule has 104 valence electrons. The van der Waals surface area contributed by atoms with Crippen molar-refractivity contribution in [3.05, 3.63) is 16.7 Å². The Labute approximate surface area is 112 Å². The number of nitrogens with two attached hydrogens (primary N) is 1. The molecule has 3 N–H and O–H groups in total. The molecular weight excluding hydrogens is 246 g/mol. The van der Waals surface area contributed by atoms with Crippen LogP contribution in [0.25, 0.3) is 0 Å². The van der Waals surface area contributed by atoms with Gasteiger partial charge in [-0.3, -0.25) is 0 Å². The zero-order valence-corrected chi connectivity index (χ0v) is 10.9. The van der Waals surface area contributed by atoms with Crippen molar-refractivity contribution in [3.63, 3.8) is 0 Å². The number of phenolic OH excluding ortho intramolecular Hbond substituents is 1. The number of hydrogen-bond donors (Lipinski definition) is 2. The van der Waals surface area contributed by atoms with E-state index >= 15 is 0 Å². The van der Waals surface area contributed by atoms with Crippen LogP contribution < -0.4 is 15.4 Å². The molecule has 5 nitrogen and oxygen atoms in total. The van der Waals surface area contributed by atoms with Crippen molar-refractivity contribution in [2.45, 2.75) is 32.1 Å². The molecular formula is C14H19NO4. The van der Waals surface area contributed by atoms with Crippen LogP contribution in [0.2, 0.25) is 0 Å². The zero-order chi connectivity index (χ0) is 13.2. The molecule has 3 rings (SSSR count). The molecule has 19 heavy (non-hydrogen) atoms. The summed E-state index contributed by atoms with van der Waals surface area (Å²) >= 11 is 0. The second-order valence-electron chi connectivity index (χ2n) is 4.97. The number of aromatic hydroxyl groups is 1. The summed E-state index contributed by atoms with van der Waals surface area (Å²) in [6, 6.07) is 0. The van der Waals surface area contributed by atoms with Crippen molar-refractivity contribution in [3.8, 4) is 17.2 Å². The van der Waals surface area contributed by atoms with Crippen molar-refractivity contribution in [1.82, 2.24) is 0 Å². The topological polar surface area (TPSA) is 73.9 Å². The fourth-order valence-electron chi connectivity index (χ4n) is 2.94. The van der Waals surface area contributed by atoms with Gasteiger partial charge in [-0.05, 0) is 25.7 Å². The van der Waals surface area contributed by atoms with Gasteiger partial charge < -0.3 is 19.4 Å². The lowest BCUT2D eigenvalue weighted by Crippen LogP contribution is -2.18. The van der Waals surface area contributed by atoms with E-state index in [2.05, 4.69) is 0 Å². The van der Waals surface area contributed by atoms with Crippen LogP contribution in [0.4, 0.5) is 0 Å². The lowest BCUT2D eigenvalue weighted by atomic mass is 9.91. The third kappa shape index (κ3) is 2.13. The molecule has 0 fully saturated rings. The average molecular weight is 265 g/mol. The summed E-state index contributed by atoms with van der Waals surface area (Å²) < 4.78 is 11.4. The Morgan fingerprint density at radius 2 is 1.74 bits per heavy atom. The van der Waals surface area contributed by atoms with Gasteiger partial charge in [0.2, 0.25) is 0 Å². The number of hydrogen-bond acceptors (Lipinski definition) is 5. The highest BCUT2D eigenvalue weighted by Gasteiger charge is 2.28. The second-order valence-corrected chi connectivity index (χ2v) is 4.97. The summed E-state index contributed by atoms with van der Waals surface area (Å²) in [5.74, 6) is 6.87. The third-order valence-electron chi connectivity index (χ3n) is 3.79.